The van der Waals surface area contributed by atoms with Crippen LogP contribution in [0.2, 0.25) is 0 Å². The molecule has 3 N–H and O–H groups in total. The second-order valence-electron chi connectivity index (χ2n) is 8.28. The predicted molar refractivity (Wildman–Crippen MR) is 107 cm³/mol. The maximum Gasteiger partial charge on any atom is 0.243 e. The molecule has 0 spiro atoms. The molecule has 1 aromatic carbocycles. The molecule has 1 saturated heterocycles. The van der Waals surface area contributed by atoms with E-state index in [0.29, 0.717) is 30.9 Å². The Labute approximate surface area is 179 Å². The molecule has 3 atom stereocenters. The fourth-order valence-electron chi connectivity index (χ4n) is 3.77. The van der Waals surface area contributed by atoms with Gasteiger partial charge >= 0.3 is 0 Å². The van der Waals surface area contributed by atoms with Crippen LogP contribution in [0.5, 0.6) is 0 Å². The number of carbonyl (C=O) groups is 3. The number of nitriles is 1. The SMILES string of the molecule is N#CC(C[C@@H]1CCNC1=O)NC(=O)C(CC1CC1)NC(=O)CCc1cc(F)cc(F)c1. The normalized spacial score (nSPS) is 19.8. The topological polar surface area (TPSA) is 111 Å². The van der Waals surface area contributed by atoms with E-state index >= 15 is 0 Å². The highest BCUT2D eigenvalue weighted by molar-refractivity contribution is 5.88. The molecule has 166 valence electrons. The third-order valence-electron chi connectivity index (χ3n) is 5.64. The van der Waals surface area contributed by atoms with Gasteiger partial charge in [-0.3, -0.25) is 14.4 Å². The molecule has 2 fully saturated rings. The number of rotatable bonds is 10. The zero-order chi connectivity index (χ0) is 22.4. The quantitative estimate of drug-likeness (QED) is 0.523. The van der Waals surface area contributed by atoms with Crippen LogP contribution in [-0.2, 0) is 20.8 Å². The van der Waals surface area contributed by atoms with Gasteiger partial charge in [-0.1, -0.05) is 12.8 Å². The van der Waals surface area contributed by atoms with E-state index in [4.69, 9.17) is 0 Å². The van der Waals surface area contributed by atoms with Crippen LogP contribution < -0.4 is 16.0 Å². The second-order valence-corrected chi connectivity index (χ2v) is 8.28. The number of nitrogens with zero attached hydrogens (tertiary/aromatic N) is 1. The molecule has 2 aliphatic rings. The number of amides is 3. The number of hydrogen-bond acceptors (Lipinski definition) is 4. The number of halogens is 2. The van der Waals surface area contributed by atoms with Gasteiger partial charge in [-0.15, -0.1) is 0 Å². The lowest BCUT2D eigenvalue weighted by Gasteiger charge is -2.21. The summed E-state index contributed by atoms with van der Waals surface area (Å²) in [5, 5.41) is 17.4. The van der Waals surface area contributed by atoms with Gasteiger partial charge in [0.2, 0.25) is 17.7 Å². The van der Waals surface area contributed by atoms with E-state index in [9.17, 15) is 28.4 Å². The lowest BCUT2D eigenvalue weighted by molar-refractivity contribution is -0.129. The third kappa shape index (κ3) is 7.02. The summed E-state index contributed by atoms with van der Waals surface area (Å²) in [7, 11) is 0. The van der Waals surface area contributed by atoms with Crippen LogP contribution in [0.4, 0.5) is 8.78 Å². The van der Waals surface area contributed by atoms with Crippen LogP contribution in [0.1, 0.15) is 44.1 Å². The molecule has 0 aromatic heterocycles. The summed E-state index contributed by atoms with van der Waals surface area (Å²) in [4.78, 5) is 36.9. The summed E-state index contributed by atoms with van der Waals surface area (Å²) in [6.45, 7) is 0.561. The Hall–Kier alpha value is -3.02. The van der Waals surface area contributed by atoms with Crippen LogP contribution in [0, 0.1) is 34.8 Å². The molecule has 31 heavy (non-hydrogen) atoms. The Kier molecular flexibility index (Phi) is 7.55. The summed E-state index contributed by atoms with van der Waals surface area (Å²) in [5.41, 5.74) is 0.357. The Bertz CT molecular complexity index is 862. The minimum Gasteiger partial charge on any atom is -0.356 e. The van der Waals surface area contributed by atoms with Gasteiger partial charge in [0.25, 0.3) is 0 Å². The number of carbonyl (C=O) groups excluding carboxylic acids is 3. The van der Waals surface area contributed by atoms with Crippen LogP contribution >= 0.6 is 0 Å². The van der Waals surface area contributed by atoms with Crippen LogP contribution in [-0.4, -0.2) is 36.3 Å². The largest absolute Gasteiger partial charge is 0.356 e. The first-order valence-electron chi connectivity index (χ1n) is 10.6. The van der Waals surface area contributed by atoms with E-state index in [1.165, 1.54) is 12.1 Å². The zero-order valence-corrected chi connectivity index (χ0v) is 17.1. The summed E-state index contributed by atoms with van der Waals surface area (Å²) in [6, 6.07) is 3.50. The van der Waals surface area contributed by atoms with Crippen LogP contribution in [0.15, 0.2) is 18.2 Å². The molecule has 0 bridgehead atoms. The predicted octanol–water partition coefficient (Wildman–Crippen LogP) is 1.72. The Morgan fingerprint density at radius 1 is 1.13 bits per heavy atom. The fraction of sp³-hybridized carbons (Fsp3) is 0.545. The van der Waals surface area contributed by atoms with Crippen molar-refractivity contribution >= 4 is 17.7 Å². The first-order chi connectivity index (χ1) is 14.8. The molecule has 1 aliphatic carbocycles. The second kappa shape index (κ2) is 10.3. The molecule has 1 heterocycles. The minimum absolute atomic E-state index is 0.0265. The maximum atomic E-state index is 13.3. The minimum atomic E-state index is -0.824. The highest BCUT2D eigenvalue weighted by Gasteiger charge is 2.33. The highest BCUT2D eigenvalue weighted by atomic mass is 19.1. The van der Waals surface area contributed by atoms with Gasteiger partial charge in [-0.2, -0.15) is 5.26 Å². The molecule has 0 radical (unpaired) electrons. The first-order valence-corrected chi connectivity index (χ1v) is 10.6. The van der Waals surface area contributed by atoms with Crippen molar-refractivity contribution in [2.75, 3.05) is 6.54 Å². The standard InChI is InChI=1S/C22H26F2N4O3/c23-16-7-14(8-17(24)11-16)3-4-20(29)28-19(9-13-1-2-13)22(31)27-18(12-25)10-15-5-6-26-21(15)30/h7-8,11,13,15,18-19H,1-6,9-10H2,(H,26,30)(H,27,31)(H,28,29)/t15-,18?,19?/m0/s1. The number of hydrogen-bond donors (Lipinski definition) is 3. The van der Waals surface area contributed by atoms with Gasteiger partial charge in [0, 0.05) is 24.9 Å². The van der Waals surface area contributed by atoms with Gasteiger partial charge in [0.1, 0.15) is 23.7 Å². The molecule has 9 heteroatoms. The molecule has 1 aliphatic heterocycles. The van der Waals surface area contributed by atoms with Crippen LogP contribution in [0.25, 0.3) is 0 Å². The summed E-state index contributed by atoms with van der Waals surface area (Å²) < 4.78 is 26.6. The summed E-state index contributed by atoms with van der Waals surface area (Å²) in [5.74, 6) is -2.37. The first kappa shape index (κ1) is 22.7. The zero-order valence-electron chi connectivity index (χ0n) is 17.1. The Morgan fingerprint density at radius 3 is 2.42 bits per heavy atom. The molecule has 7 nitrogen and oxygen atoms in total. The van der Waals surface area contributed by atoms with Crippen molar-refractivity contribution in [2.45, 2.75) is 57.0 Å². The van der Waals surface area contributed by atoms with Gasteiger partial charge in [0.15, 0.2) is 0 Å². The van der Waals surface area contributed by atoms with Crippen LogP contribution in [0.3, 0.4) is 0 Å². The van der Waals surface area contributed by atoms with E-state index in [1.54, 1.807) is 0 Å². The van der Waals surface area contributed by atoms with E-state index in [0.717, 1.165) is 18.9 Å². The molecule has 3 amide bonds. The van der Waals surface area contributed by atoms with Crippen molar-refractivity contribution in [3.63, 3.8) is 0 Å². The van der Waals surface area contributed by atoms with Gasteiger partial charge < -0.3 is 16.0 Å². The third-order valence-corrected chi connectivity index (χ3v) is 5.64. The molecule has 1 saturated carbocycles. The van der Waals surface area contributed by atoms with E-state index in [-0.39, 0.29) is 31.1 Å². The molecule has 2 unspecified atom stereocenters. The Morgan fingerprint density at radius 2 is 1.84 bits per heavy atom. The van der Waals surface area contributed by atoms with Crippen molar-refractivity contribution in [2.24, 2.45) is 11.8 Å². The monoisotopic (exact) mass is 432 g/mol. The summed E-state index contributed by atoms with van der Waals surface area (Å²) in [6.07, 6.45) is 3.38. The molecular weight excluding hydrogens is 406 g/mol. The smallest absolute Gasteiger partial charge is 0.243 e. The van der Waals surface area contributed by atoms with Gasteiger partial charge in [-0.25, -0.2) is 8.78 Å². The lowest BCUT2D eigenvalue weighted by Crippen LogP contribution is -2.50. The average Bonchev–Trinajstić information content (AvgIpc) is 3.45. The number of benzene rings is 1. The highest BCUT2D eigenvalue weighted by Crippen LogP contribution is 2.33. The van der Waals surface area contributed by atoms with Crippen molar-refractivity contribution in [3.05, 3.63) is 35.4 Å². The van der Waals surface area contributed by atoms with E-state index in [2.05, 4.69) is 16.0 Å². The van der Waals surface area contributed by atoms with E-state index < -0.39 is 35.5 Å². The van der Waals surface area contributed by atoms with Gasteiger partial charge in [0.05, 0.1) is 6.07 Å². The van der Waals surface area contributed by atoms with E-state index in [1.807, 2.05) is 6.07 Å². The fourth-order valence-corrected chi connectivity index (χ4v) is 3.77. The average molecular weight is 432 g/mol. The van der Waals surface area contributed by atoms with Crippen molar-refractivity contribution in [1.82, 2.24) is 16.0 Å². The lowest BCUT2D eigenvalue weighted by atomic mass is 9.98. The number of nitrogens with one attached hydrogen (secondary N) is 3. The van der Waals surface area contributed by atoms with Crippen molar-refractivity contribution in [3.8, 4) is 6.07 Å². The maximum absolute atomic E-state index is 13.3. The van der Waals surface area contributed by atoms with Crippen molar-refractivity contribution in [1.29, 1.82) is 5.26 Å². The number of aryl methyl sites for hydroxylation is 1. The van der Waals surface area contributed by atoms with Gasteiger partial charge in [-0.05, 0) is 49.3 Å². The Balaban J connectivity index is 1.54. The molecule has 1 aromatic rings. The summed E-state index contributed by atoms with van der Waals surface area (Å²) >= 11 is 0. The molecular formula is C22H26F2N4O3. The molecule has 3 rings (SSSR count). The van der Waals surface area contributed by atoms with Crippen molar-refractivity contribution < 1.29 is 23.2 Å².